The van der Waals surface area contributed by atoms with Crippen molar-refractivity contribution < 1.29 is 0 Å². The summed E-state index contributed by atoms with van der Waals surface area (Å²) in [7, 11) is 1.73. The maximum Gasteiger partial charge on any atom is 0.217 e. The summed E-state index contributed by atoms with van der Waals surface area (Å²) in [5, 5.41) is 3.24. The average molecular weight is 153 g/mol. The quantitative estimate of drug-likeness (QED) is 0.446. The molecule has 0 spiro atoms. The van der Waals surface area contributed by atoms with Gasteiger partial charge in [-0.2, -0.15) is 0 Å². The molecular weight excluding hydrogens is 138 g/mol. The van der Waals surface area contributed by atoms with Gasteiger partial charge in [-0.25, -0.2) is 4.99 Å². The summed E-state index contributed by atoms with van der Waals surface area (Å²) in [5.41, 5.74) is 0. The Morgan fingerprint density at radius 1 is 1.45 bits per heavy atom. The van der Waals surface area contributed by atoms with Crippen LogP contribution in [0.4, 0.5) is 0 Å². The molecule has 0 aromatic heterocycles. The predicted molar refractivity (Wildman–Crippen MR) is 48.3 cm³/mol. The Morgan fingerprint density at radius 2 is 2.09 bits per heavy atom. The summed E-state index contributed by atoms with van der Waals surface area (Å²) in [6.07, 6.45) is 5.14. The molecule has 0 aromatic rings. The number of hydrogen-bond donors (Lipinski definition) is 1. The van der Waals surface area contributed by atoms with E-state index >= 15 is 0 Å². The first kappa shape index (κ1) is 8.24. The Balaban J connectivity index is 2.33. The minimum atomic E-state index is 0.583. The number of aliphatic imine (C=N–C) groups is 2. The first-order valence-electron chi connectivity index (χ1n) is 4.07. The van der Waals surface area contributed by atoms with Gasteiger partial charge in [0.25, 0.3) is 0 Å². The smallest absolute Gasteiger partial charge is 0.217 e. The summed E-state index contributed by atoms with van der Waals surface area (Å²) in [6.45, 7) is 3.43. The van der Waals surface area contributed by atoms with E-state index in [-0.39, 0.29) is 0 Å². The van der Waals surface area contributed by atoms with Gasteiger partial charge in [0.05, 0.1) is 0 Å². The van der Waals surface area contributed by atoms with Gasteiger partial charge in [-0.05, 0) is 19.6 Å². The average Bonchev–Trinajstić information content (AvgIpc) is 2.52. The summed E-state index contributed by atoms with van der Waals surface area (Å²) in [6, 6.07) is 0.583. The summed E-state index contributed by atoms with van der Waals surface area (Å²) in [5.74, 6) is 0.678. The van der Waals surface area contributed by atoms with Gasteiger partial charge in [-0.1, -0.05) is 12.8 Å². The van der Waals surface area contributed by atoms with Gasteiger partial charge in [0.2, 0.25) is 5.96 Å². The van der Waals surface area contributed by atoms with Crippen molar-refractivity contribution in [3.8, 4) is 0 Å². The summed E-state index contributed by atoms with van der Waals surface area (Å²) < 4.78 is 0. The molecular formula is C8H15N3. The monoisotopic (exact) mass is 153 g/mol. The SMILES string of the molecule is C=NC(=NC)NC1CCCC1. The minimum absolute atomic E-state index is 0.583. The van der Waals surface area contributed by atoms with Gasteiger partial charge in [-0.3, -0.25) is 4.99 Å². The Morgan fingerprint density at radius 3 is 2.55 bits per heavy atom. The third-order valence-corrected chi connectivity index (χ3v) is 2.05. The molecule has 0 aromatic carbocycles. The highest BCUT2D eigenvalue weighted by Crippen LogP contribution is 2.17. The molecule has 1 rings (SSSR count). The van der Waals surface area contributed by atoms with Crippen LogP contribution < -0.4 is 5.32 Å². The molecule has 3 nitrogen and oxygen atoms in total. The number of rotatable bonds is 1. The fourth-order valence-electron chi connectivity index (χ4n) is 1.43. The van der Waals surface area contributed by atoms with Crippen molar-refractivity contribution in [1.82, 2.24) is 5.32 Å². The van der Waals surface area contributed by atoms with E-state index in [1.165, 1.54) is 25.7 Å². The van der Waals surface area contributed by atoms with E-state index in [0.29, 0.717) is 12.0 Å². The van der Waals surface area contributed by atoms with Crippen LogP contribution in [0.15, 0.2) is 9.98 Å². The van der Waals surface area contributed by atoms with E-state index in [1.54, 1.807) is 7.05 Å². The van der Waals surface area contributed by atoms with Crippen LogP contribution in [0.2, 0.25) is 0 Å². The van der Waals surface area contributed by atoms with E-state index in [1.807, 2.05) is 0 Å². The summed E-state index contributed by atoms with van der Waals surface area (Å²) in [4.78, 5) is 7.71. The zero-order chi connectivity index (χ0) is 8.10. The summed E-state index contributed by atoms with van der Waals surface area (Å²) >= 11 is 0. The Kier molecular flexibility index (Phi) is 3.08. The molecule has 0 bridgehead atoms. The van der Waals surface area contributed by atoms with Gasteiger partial charge in [-0.15, -0.1) is 0 Å². The second-order valence-electron chi connectivity index (χ2n) is 2.83. The van der Waals surface area contributed by atoms with Gasteiger partial charge in [0.1, 0.15) is 0 Å². The second-order valence-corrected chi connectivity index (χ2v) is 2.83. The molecule has 0 unspecified atom stereocenters. The first-order valence-corrected chi connectivity index (χ1v) is 4.07. The topological polar surface area (TPSA) is 36.8 Å². The highest BCUT2D eigenvalue weighted by atomic mass is 15.1. The Bertz CT molecular complexity index is 157. The predicted octanol–water partition coefficient (Wildman–Crippen LogP) is 1.20. The van der Waals surface area contributed by atoms with Crippen LogP contribution >= 0.6 is 0 Å². The first-order chi connectivity index (χ1) is 5.36. The molecule has 0 atom stereocenters. The molecule has 0 heterocycles. The van der Waals surface area contributed by atoms with Crippen molar-refractivity contribution in [3.63, 3.8) is 0 Å². The molecule has 11 heavy (non-hydrogen) atoms. The van der Waals surface area contributed by atoms with Crippen LogP contribution in [-0.2, 0) is 0 Å². The lowest BCUT2D eigenvalue weighted by atomic mass is 10.2. The molecule has 1 aliphatic rings. The highest BCUT2D eigenvalue weighted by Gasteiger charge is 2.14. The van der Waals surface area contributed by atoms with Crippen molar-refractivity contribution in [1.29, 1.82) is 0 Å². The molecule has 0 saturated heterocycles. The lowest BCUT2D eigenvalue weighted by molar-refractivity contribution is 0.627. The molecule has 1 saturated carbocycles. The third-order valence-electron chi connectivity index (χ3n) is 2.05. The molecule has 62 valence electrons. The van der Waals surface area contributed by atoms with Crippen molar-refractivity contribution in [2.24, 2.45) is 9.98 Å². The maximum absolute atomic E-state index is 3.95. The van der Waals surface area contributed by atoms with Gasteiger partial charge >= 0.3 is 0 Å². The number of hydrogen-bond acceptors (Lipinski definition) is 1. The fraction of sp³-hybridized carbons (Fsp3) is 0.750. The Labute approximate surface area is 67.6 Å². The van der Waals surface area contributed by atoms with Crippen LogP contribution in [0, 0.1) is 0 Å². The second kappa shape index (κ2) is 4.11. The van der Waals surface area contributed by atoms with Crippen molar-refractivity contribution >= 4 is 12.7 Å². The molecule has 1 N–H and O–H groups in total. The van der Waals surface area contributed by atoms with Gasteiger partial charge in [0.15, 0.2) is 0 Å². The molecule has 1 fully saturated rings. The zero-order valence-electron chi connectivity index (χ0n) is 7.01. The van der Waals surface area contributed by atoms with E-state index in [4.69, 9.17) is 0 Å². The zero-order valence-corrected chi connectivity index (χ0v) is 7.01. The lowest BCUT2D eigenvalue weighted by Gasteiger charge is -2.10. The van der Waals surface area contributed by atoms with Gasteiger partial charge in [0, 0.05) is 13.1 Å². The van der Waals surface area contributed by atoms with Crippen LogP contribution in [-0.4, -0.2) is 25.8 Å². The fourth-order valence-corrected chi connectivity index (χ4v) is 1.43. The largest absolute Gasteiger partial charge is 0.352 e. The molecule has 0 amide bonds. The highest BCUT2D eigenvalue weighted by molar-refractivity contribution is 5.84. The van der Waals surface area contributed by atoms with Crippen LogP contribution in [0.3, 0.4) is 0 Å². The maximum atomic E-state index is 3.95. The van der Waals surface area contributed by atoms with Crippen molar-refractivity contribution in [2.75, 3.05) is 7.05 Å². The van der Waals surface area contributed by atoms with E-state index in [0.717, 1.165) is 0 Å². The molecule has 3 heteroatoms. The molecule has 0 radical (unpaired) electrons. The molecule has 0 aliphatic heterocycles. The number of nitrogens with zero attached hydrogens (tertiary/aromatic N) is 2. The number of nitrogens with one attached hydrogen (secondary N) is 1. The van der Waals surface area contributed by atoms with E-state index in [2.05, 4.69) is 22.0 Å². The molecule has 1 aliphatic carbocycles. The van der Waals surface area contributed by atoms with E-state index < -0.39 is 0 Å². The third kappa shape index (κ3) is 2.33. The minimum Gasteiger partial charge on any atom is -0.352 e. The normalized spacial score (nSPS) is 20.3. The van der Waals surface area contributed by atoms with Crippen LogP contribution in [0.5, 0.6) is 0 Å². The van der Waals surface area contributed by atoms with Crippen molar-refractivity contribution in [2.45, 2.75) is 31.7 Å². The van der Waals surface area contributed by atoms with Gasteiger partial charge < -0.3 is 5.32 Å². The number of guanidine groups is 1. The van der Waals surface area contributed by atoms with Crippen LogP contribution in [0.25, 0.3) is 0 Å². The van der Waals surface area contributed by atoms with E-state index in [9.17, 15) is 0 Å². The standard InChI is InChI=1S/C8H15N3/c1-9-8(10-2)11-7-5-3-4-6-7/h7H,1,3-6H2,2H3,(H,10,11). The Hall–Kier alpha value is -0.860. The van der Waals surface area contributed by atoms with Crippen LogP contribution in [0.1, 0.15) is 25.7 Å². The van der Waals surface area contributed by atoms with Crippen molar-refractivity contribution in [3.05, 3.63) is 0 Å². The lowest BCUT2D eigenvalue weighted by Crippen LogP contribution is -2.31.